The van der Waals surface area contributed by atoms with Crippen molar-refractivity contribution in [3.63, 3.8) is 0 Å². The minimum atomic E-state index is -0.405. The molecule has 3 rings (SSSR count). The Hall–Kier alpha value is -2.99. The normalized spacial score (nSPS) is 12.0. The summed E-state index contributed by atoms with van der Waals surface area (Å²) >= 11 is 0. The van der Waals surface area contributed by atoms with Crippen LogP contribution in [-0.4, -0.2) is 23.1 Å². The largest absolute Gasteiger partial charge is 0.372 e. The topological polar surface area (TPSA) is 77.3 Å². The predicted molar refractivity (Wildman–Crippen MR) is 97.7 cm³/mol. The van der Waals surface area contributed by atoms with Gasteiger partial charge in [0.25, 0.3) is 5.69 Å². The average molecular weight is 337 g/mol. The van der Waals surface area contributed by atoms with Crippen molar-refractivity contribution >= 4 is 22.4 Å². The van der Waals surface area contributed by atoms with Crippen molar-refractivity contribution in [1.82, 2.24) is 4.98 Å². The summed E-state index contributed by atoms with van der Waals surface area (Å²) in [6.45, 7) is 3.18. The maximum Gasteiger partial charge on any atom is 0.270 e. The standard InChI is InChI=1S/C19H19N3O3/c1-2-25-18(14-6-4-3-5-7-14)13-20-19-11-8-15-12-16(22(23)24)9-10-17(15)21-19/h3-12,18H,2,13H2,1H3,(H,20,21). The molecule has 1 N–H and O–H groups in total. The first-order chi connectivity index (χ1) is 12.2. The molecule has 25 heavy (non-hydrogen) atoms. The molecule has 0 fully saturated rings. The lowest BCUT2D eigenvalue weighted by molar-refractivity contribution is -0.384. The molecule has 0 aliphatic heterocycles. The van der Waals surface area contributed by atoms with E-state index in [9.17, 15) is 10.1 Å². The molecule has 1 unspecified atom stereocenters. The highest BCUT2D eigenvalue weighted by Crippen LogP contribution is 2.22. The molecule has 1 atom stereocenters. The first-order valence-electron chi connectivity index (χ1n) is 8.13. The molecule has 0 amide bonds. The van der Waals surface area contributed by atoms with Gasteiger partial charge in [-0.1, -0.05) is 30.3 Å². The Morgan fingerprint density at radius 3 is 2.68 bits per heavy atom. The molecule has 0 saturated carbocycles. The number of aromatic nitrogens is 1. The Kier molecular flexibility index (Phi) is 5.20. The number of non-ortho nitro benzene ring substituents is 1. The van der Waals surface area contributed by atoms with Gasteiger partial charge in [0, 0.05) is 30.7 Å². The number of pyridine rings is 1. The fourth-order valence-corrected chi connectivity index (χ4v) is 2.66. The van der Waals surface area contributed by atoms with Gasteiger partial charge in [0.1, 0.15) is 5.82 Å². The van der Waals surface area contributed by atoms with E-state index in [1.807, 2.05) is 49.4 Å². The van der Waals surface area contributed by atoms with Gasteiger partial charge in [-0.2, -0.15) is 0 Å². The van der Waals surface area contributed by atoms with Gasteiger partial charge in [0.05, 0.1) is 16.5 Å². The summed E-state index contributed by atoms with van der Waals surface area (Å²) in [6, 6.07) is 18.3. The van der Waals surface area contributed by atoms with Crippen LogP contribution in [0.4, 0.5) is 11.5 Å². The SMILES string of the molecule is CCOC(CNc1ccc2cc([N+](=O)[O-])ccc2n1)c1ccccc1. The van der Waals surface area contributed by atoms with Crippen molar-refractivity contribution in [3.8, 4) is 0 Å². The van der Waals surface area contributed by atoms with Gasteiger partial charge in [-0.25, -0.2) is 4.98 Å². The number of nitro groups is 1. The van der Waals surface area contributed by atoms with Crippen molar-refractivity contribution in [3.05, 3.63) is 76.3 Å². The van der Waals surface area contributed by atoms with E-state index >= 15 is 0 Å². The van der Waals surface area contributed by atoms with Gasteiger partial charge in [-0.05, 0) is 30.7 Å². The first kappa shape index (κ1) is 16.9. The summed E-state index contributed by atoms with van der Waals surface area (Å²) in [5.41, 5.74) is 1.88. The Balaban J connectivity index is 1.75. The average Bonchev–Trinajstić information content (AvgIpc) is 2.65. The van der Waals surface area contributed by atoms with Crippen molar-refractivity contribution < 1.29 is 9.66 Å². The van der Waals surface area contributed by atoms with Crippen molar-refractivity contribution in [1.29, 1.82) is 0 Å². The maximum absolute atomic E-state index is 10.8. The van der Waals surface area contributed by atoms with Gasteiger partial charge in [-0.3, -0.25) is 10.1 Å². The Morgan fingerprint density at radius 2 is 1.96 bits per heavy atom. The molecular formula is C19H19N3O3. The Bertz CT molecular complexity index is 868. The molecule has 0 bridgehead atoms. The molecule has 0 aliphatic carbocycles. The van der Waals surface area contributed by atoms with Crippen LogP contribution in [0.5, 0.6) is 0 Å². The Labute approximate surface area is 145 Å². The molecule has 6 heteroatoms. The third-order valence-electron chi connectivity index (χ3n) is 3.89. The number of ether oxygens (including phenoxy) is 1. The van der Waals surface area contributed by atoms with E-state index in [4.69, 9.17) is 4.74 Å². The number of nitrogens with zero attached hydrogens (tertiary/aromatic N) is 2. The minimum Gasteiger partial charge on any atom is -0.372 e. The van der Waals surface area contributed by atoms with Crippen LogP contribution < -0.4 is 5.32 Å². The van der Waals surface area contributed by atoms with Crippen LogP contribution in [0.1, 0.15) is 18.6 Å². The smallest absolute Gasteiger partial charge is 0.270 e. The molecule has 128 valence electrons. The van der Waals surface area contributed by atoms with Crippen molar-refractivity contribution in [2.45, 2.75) is 13.0 Å². The second-order valence-electron chi connectivity index (χ2n) is 5.57. The number of hydrogen-bond acceptors (Lipinski definition) is 5. The fourth-order valence-electron chi connectivity index (χ4n) is 2.66. The number of nitro benzene ring substituents is 1. The van der Waals surface area contributed by atoms with E-state index in [2.05, 4.69) is 10.3 Å². The van der Waals surface area contributed by atoms with Crippen LogP contribution in [0.25, 0.3) is 10.9 Å². The molecule has 3 aromatic rings. The summed E-state index contributed by atoms with van der Waals surface area (Å²) in [4.78, 5) is 15.0. The lowest BCUT2D eigenvalue weighted by atomic mass is 10.1. The number of hydrogen-bond donors (Lipinski definition) is 1. The quantitative estimate of drug-likeness (QED) is 0.513. The van der Waals surface area contributed by atoms with E-state index < -0.39 is 4.92 Å². The molecule has 0 radical (unpaired) electrons. The molecule has 0 aliphatic rings. The fraction of sp³-hybridized carbons (Fsp3) is 0.211. The summed E-state index contributed by atoms with van der Waals surface area (Å²) in [6.07, 6.45) is -0.0689. The minimum absolute atomic E-state index is 0.0653. The lowest BCUT2D eigenvalue weighted by Gasteiger charge is -2.18. The van der Waals surface area contributed by atoms with Crippen LogP contribution in [0.15, 0.2) is 60.7 Å². The van der Waals surface area contributed by atoms with E-state index in [-0.39, 0.29) is 11.8 Å². The number of fused-ring (bicyclic) bond motifs is 1. The second-order valence-corrected chi connectivity index (χ2v) is 5.57. The third kappa shape index (κ3) is 4.10. The summed E-state index contributed by atoms with van der Waals surface area (Å²) in [5.74, 6) is 0.710. The number of nitrogens with one attached hydrogen (secondary N) is 1. The summed E-state index contributed by atoms with van der Waals surface area (Å²) < 4.78 is 5.81. The highest BCUT2D eigenvalue weighted by molar-refractivity contribution is 5.82. The third-order valence-corrected chi connectivity index (χ3v) is 3.89. The molecule has 0 saturated heterocycles. The molecule has 0 spiro atoms. The van der Waals surface area contributed by atoms with Gasteiger partial charge >= 0.3 is 0 Å². The van der Waals surface area contributed by atoms with Crippen LogP contribution in [0.2, 0.25) is 0 Å². The first-order valence-corrected chi connectivity index (χ1v) is 8.13. The summed E-state index contributed by atoms with van der Waals surface area (Å²) in [5, 5.41) is 14.9. The zero-order chi connectivity index (χ0) is 17.6. The van der Waals surface area contributed by atoms with Crippen LogP contribution in [0, 0.1) is 10.1 Å². The number of anilines is 1. The zero-order valence-corrected chi connectivity index (χ0v) is 13.9. The predicted octanol–water partition coefficient (Wildman–Crippen LogP) is 4.33. The second kappa shape index (κ2) is 7.72. The van der Waals surface area contributed by atoms with Gasteiger partial charge in [0.2, 0.25) is 0 Å². The molecule has 2 aromatic carbocycles. The number of rotatable bonds is 7. The van der Waals surface area contributed by atoms with E-state index in [1.165, 1.54) is 12.1 Å². The highest BCUT2D eigenvalue weighted by Gasteiger charge is 2.12. The van der Waals surface area contributed by atoms with Crippen molar-refractivity contribution in [2.75, 3.05) is 18.5 Å². The van der Waals surface area contributed by atoms with Crippen LogP contribution >= 0.6 is 0 Å². The van der Waals surface area contributed by atoms with E-state index in [0.29, 0.717) is 24.5 Å². The van der Waals surface area contributed by atoms with E-state index in [1.54, 1.807) is 6.07 Å². The van der Waals surface area contributed by atoms with Gasteiger partial charge < -0.3 is 10.1 Å². The lowest BCUT2D eigenvalue weighted by Crippen LogP contribution is -2.16. The zero-order valence-electron chi connectivity index (χ0n) is 13.9. The molecule has 1 aromatic heterocycles. The van der Waals surface area contributed by atoms with Gasteiger partial charge in [0.15, 0.2) is 0 Å². The molecule has 1 heterocycles. The van der Waals surface area contributed by atoms with Crippen LogP contribution in [0.3, 0.4) is 0 Å². The summed E-state index contributed by atoms with van der Waals surface area (Å²) in [7, 11) is 0. The van der Waals surface area contributed by atoms with Gasteiger partial charge in [-0.15, -0.1) is 0 Å². The van der Waals surface area contributed by atoms with Crippen molar-refractivity contribution in [2.24, 2.45) is 0 Å². The number of benzene rings is 2. The molecule has 6 nitrogen and oxygen atoms in total. The van der Waals surface area contributed by atoms with E-state index in [0.717, 1.165) is 10.9 Å². The highest BCUT2D eigenvalue weighted by atomic mass is 16.6. The monoisotopic (exact) mass is 337 g/mol. The maximum atomic E-state index is 10.8. The molecular weight excluding hydrogens is 318 g/mol. The Morgan fingerprint density at radius 1 is 1.16 bits per heavy atom. The van der Waals surface area contributed by atoms with Crippen LogP contribution in [-0.2, 0) is 4.74 Å².